The van der Waals surface area contributed by atoms with Gasteiger partial charge in [0, 0.05) is 26.2 Å². The molecule has 2 aromatic rings. The molecule has 0 aliphatic carbocycles. The molecule has 1 aliphatic rings. The molecule has 2 aromatic carbocycles. The van der Waals surface area contributed by atoms with Crippen LogP contribution in [0.3, 0.4) is 0 Å². The fourth-order valence-corrected chi connectivity index (χ4v) is 4.21. The summed E-state index contributed by atoms with van der Waals surface area (Å²) in [6.45, 7) is 3.86. The molecule has 3 N–H and O–H groups in total. The minimum absolute atomic E-state index is 0. The van der Waals surface area contributed by atoms with Crippen molar-refractivity contribution in [1.82, 2.24) is 9.80 Å². The SMILES string of the molecule is Cl.Cl.NC(=O)c1ccccc1NC(=O)CN1CCN(Cc2ccccc2)CC1I. The van der Waals surface area contributed by atoms with Gasteiger partial charge in [0.1, 0.15) is 0 Å². The number of nitrogens with two attached hydrogens (primary N) is 1. The van der Waals surface area contributed by atoms with Crippen LogP contribution >= 0.6 is 47.4 Å². The number of benzene rings is 2. The summed E-state index contributed by atoms with van der Waals surface area (Å²) in [5.74, 6) is -0.686. The molecule has 1 fully saturated rings. The number of primary amides is 1. The highest BCUT2D eigenvalue weighted by Crippen LogP contribution is 2.19. The van der Waals surface area contributed by atoms with Gasteiger partial charge in [0.05, 0.1) is 21.8 Å². The second kappa shape index (κ2) is 12.3. The van der Waals surface area contributed by atoms with Gasteiger partial charge in [0.2, 0.25) is 5.91 Å². The Morgan fingerprint density at radius 2 is 1.69 bits per heavy atom. The lowest BCUT2D eigenvalue weighted by molar-refractivity contribution is -0.117. The second-order valence-corrected chi connectivity index (χ2v) is 8.02. The predicted molar refractivity (Wildman–Crippen MR) is 129 cm³/mol. The van der Waals surface area contributed by atoms with Crippen molar-refractivity contribution in [2.24, 2.45) is 5.73 Å². The zero-order chi connectivity index (χ0) is 19.2. The molecule has 0 spiro atoms. The zero-order valence-electron chi connectivity index (χ0n) is 15.8. The van der Waals surface area contributed by atoms with Crippen molar-refractivity contribution < 1.29 is 9.59 Å². The van der Waals surface area contributed by atoms with Gasteiger partial charge >= 0.3 is 0 Å². The average Bonchev–Trinajstić information content (AvgIpc) is 2.65. The molecule has 0 saturated carbocycles. The number of halogens is 3. The van der Waals surface area contributed by atoms with Gasteiger partial charge in [-0.3, -0.25) is 19.4 Å². The minimum atomic E-state index is -0.549. The Morgan fingerprint density at radius 3 is 2.34 bits per heavy atom. The summed E-state index contributed by atoms with van der Waals surface area (Å²) >= 11 is 2.39. The Hall–Kier alpha value is -1.39. The van der Waals surface area contributed by atoms with Crippen LogP contribution in [0.15, 0.2) is 54.6 Å². The van der Waals surface area contributed by atoms with Gasteiger partial charge < -0.3 is 11.1 Å². The van der Waals surface area contributed by atoms with E-state index in [1.165, 1.54) is 5.56 Å². The first-order chi connectivity index (χ1) is 13.0. The fourth-order valence-electron chi connectivity index (χ4n) is 3.17. The highest BCUT2D eigenvalue weighted by molar-refractivity contribution is 14.1. The molecule has 0 radical (unpaired) electrons. The van der Waals surface area contributed by atoms with Crippen LogP contribution in [0.2, 0.25) is 0 Å². The van der Waals surface area contributed by atoms with E-state index in [0.29, 0.717) is 17.8 Å². The van der Waals surface area contributed by atoms with Crippen molar-refractivity contribution in [2.45, 2.75) is 10.6 Å². The van der Waals surface area contributed by atoms with Crippen LogP contribution in [0.5, 0.6) is 0 Å². The number of carbonyl (C=O) groups excluding carboxylic acids is 2. The van der Waals surface area contributed by atoms with Crippen molar-refractivity contribution in [2.75, 3.05) is 31.5 Å². The average molecular weight is 551 g/mol. The summed E-state index contributed by atoms with van der Waals surface area (Å²) in [6.07, 6.45) is 0. The molecule has 3 rings (SSSR count). The lowest BCUT2D eigenvalue weighted by Crippen LogP contribution is -2.52. The Labute approximate surface area is 197 Å². The lowest BCUT2D eigenvalue weighted by Gasteiger charge is -2.38. The van der Waals surface area contributed by atoms with E-state index in [2.05, 4.69) is 62.0 Å². The van der Waals surface area contributed by atoms with Gasteiger partial charge in [-0.1, -0.05) is 65.1 Å². The second-order valence-electron chi connectivity index (χ2n) is 6.58. The van der Waals surface area contributed by atoms with Crippen molar-refractivity contribution in [1.29, 1.82) is 0 Å². The normalized spacial score (nSPS) is 16.9. The Balaban J connectivity index is 0.00000210. The highest BCUT2D eigenvalue weighted by Gasteiger charge is 2.26. The number of nitrogens with zero attached hydrogens (tertiary/aromatic N) is 2. The van der Waals surface area contributed by atoms with Gasteiger partial charge in [-0.2, -0.15) is 0 Å². The summed E-state index contributed by atoms with van der Waals surface area (Å²) in [6, 6.07) is 17.2. The van der Waals surface area contributed by atoms with Gasteiger partial charge in [0.25, 0.3) is 5.91 Å². The zero-order valence-corrected chi connectivity index (χ0v) is 19.6. The maximum atomic E-state index is 12.5. The Kier molecular flexibility index (Phi) is 10.9. The maximum absolute atomic E-state index is 12.5. The third-order valence-electron chi connectivity index (χ3n) is 4.57. The van der Waals surface area contributed by atoms with Gasteiger partial charge in [0.15, 0.2) is 0 Å². The van der Waals surface area contributed by atoms with E-state index in [4.69, 9.17) is 5.73 Å². The summed E-state index contributed by atoms with van der Waals surface area (Å²) in [5, 5.41) is 2.81. The highest BCUT2D eigenvalue weighted by atomic mass is 127. The number of hydrogen-bond acceptors (Lipinski definition) is 4. The standard InChI is InChI=1S/C20H23IN4O2.2ClH/c21-18-13-24(12-15-6-2-1-3-7-15)10-11-25(18)14-19(26)23-17-9-5-4-8-16(17)20(22)27;;/h1-9,18H,10-14H2,(H2,22,27)(H,23,26);2*1H. The smallest absolute Gasteiger partial charge is 0.250 e. The van der Waals surface area contributed by atoms with E-state index in [-0.39, 0.29) is 34.8 Å². The summed E-state index contributed by atoms with van der Waals surface area (Å²) in [5.41, 5.74) is 7.45. The van der Waals surface area contributed by atoms with E-state index in [1.807, 2.05) is 6.07 Å². The van der Waals surface area contributed by atoms with Crippen molar-refractivity contribution in [3.05, 3.63) is 65.7 Å². The van der Waals surface area contributed by atoms with E-state index in [1.54, 1.807) is 24.3 Å². The maximum Gasteiger partial charge on any atom is 0.250 e. The van der Waals surface area contributed by atoms with Crippen LogP contribution in [0.4, 0.5) is 5.69 Å². The molecular weight excluding hydrogens is 526 g/mol. The van der Waals surface area contributed by atoms with Crippen LogP contribution in [-0.4, -0.2) is 51.8 Å². The van der Waals surface area contributed by atoms with Crippen LogP contribution in [0.25, 0.3) is 0 Å². The van der Waals surface area contributed by atoms with Gasteiger partial charge in [-0.25, -0.2) is 0 Å². The molecular formula is C20H25Cl2IN4O2. The summed E-state index contributed by atoms with van der Waals surface area (Å²) in [4.78, 5) is 28.5. The summed E-state index contributed by atoms with van der Waals surface area (Å²) < 4.78 is 0.247. The number of hydrogen-bond donors (Lipinski definition) is 2. The molecule has 29 heavy (non-hydrogen) atoms. The first-order valence-electron chi connectivity index (χ1n) is 8.86. The summed E-state index contributed by atoms with van der Waals surface area (Å²) in [7, 11) is 0. The van der Waals surface area contributed by atoms with Crippen LogP contribution in [0, 0.1) is 0 Å². The number of carbonyl (C=O) groups is 2. The molecule has 1 atom stereocenters. The molecule has 1 saturated heterocycles. The van der Waals surface area contributed by atoms with Crippen LogP contribution in [-0.2, 0) is 11.3 Å². The van der Waals surface area contributed by atoms with E-state index >= 15 is 0 Å². The van der Waals surface area contributed by atoms with Crippen LogP contribution in [0.1, 0.15) is 15.9 Å². The molecule has 1 heterocycles. The molecule has 0 bridgehead atoms. The molecule has 1 aliphatic heterocycles. The molecule has 6 nitrogen and oxygen atoms in total. The fraction of sp³-hybridized carbons (Fsp3) is 0.300. The molecule has 1 unspecified atom stereocenters. The van der Waals surface area contributed by atoms with E-state index in [0.717, 1.165) is 26.2 Å². The number of amides is 2. The number of nitrogens with one attached hydrogen (secondary N) is 1. The first-order valence-corrected chi connectivity index (χ1v) is 10.1. The third-order valence-corrected chi connectivity index (χ3v) is 5.75. The predicted octanol–water partition coefficient (Wildman–Crippen LogP) is 3.15. The molecule has 158 valence electrons. The minimum Gasteiger partial charge on any atom is -0.366 e. The number of para-hydroxylation sites is 1. The van der Waals surface area contributed by atoms with Crippen molar-refractivity contribution in [3.63, 3.8) is 0 Å². The first kappa shape index (κ1) is 25.6. The van der Waals surface area contributed by atoms with Crippen LogP contribution < -0.4 is 11.1 Å². The monoisotopic (exact) mass is 550 g/mol. The molecule has 0 aromatic heterocycles. The van der Waals surface area contributed by atoms with Crippen molar-refractivity contribution >= 4 is 64.9 Å². The molecule has 2 amide bonds. The van der Waals surface area contributed by atoms with Gasteiger partial charge in [-0.05, 0) is 17.7 Å². The van der Waals surface area contributed by atoms with E-state index < -0.39 is 5.91 Å². The Bertz CT molecular complexity index is 810. The third kappa shape index (κ3) is 7.42. The quantitative estimate of drug-likeness (QED) is 0.329. The lowest BCUT2D eigenvalue weighted by atomic mass is 10.1. The topological polar surface area (TPSA) is 78.7 Å². The Morgan fingerprint density at radius 1 is 1.03 bits per heavy atom. The largest absolute Gasteiger partial charge is 0.366 e. The number of anilines is 1. The van der Waals surface area contributed by atoms with E-state index in [9.17, 15) is 9.59 Å². The molecule has 9 heteroatoms. The number of alkyl halides is 1. The van der Waals surface area contributed by atoms with Crippen molar-refractivity contribution in [3.8, 4) is 0 Å². The van der Waals surface area contributed by atoms with Gasteiger partial charge in [-0.15, -0.1) is 24.8 Å². The number of rotatable bonds is 6. The number of piperazine rings is 1.